The number of thioether (sulfide) groups is 1. The lowest BCUT2D eigenvalue weighted by atomic mass is 10.2. The molecule has 3 aromatic rings. The highest BCUT2D eigenvalue weighted by Gasteiger charge is 2.09. The Labute approximate surface area is 170 Å². The number of hydrogen-bond donors (Lipinski definition) is 1. The molecule has 0 aliphatic carbocycles. The van der Waals surface area contributed by atoms with E-state index < -0.39 is 0 Å². The van der Waals surface area contributed by atoms with Gasteiger partial charge in [0.15, 0.2) is 5.16 Å². The molecule has 0 aliphatic heterocycles. The van der Waals surface area contributed by atoms with E-state index in [0.29, 0.717) is 25.5 Å². The Kier molecular flexibility index (Phi) is 7.70. The van der Waals surface area contributed by atoms with E-state index >= 15 is 0 Å². The Morgan fingerprint density at radius 1 is 1.18 bits per heavy atom. The third kappa shape index (κ3) is 6.25. The Morgan fingerprint density at radius 3 is 2.86 bits per heavy atom. The van der Waals surface area contributed by atoms with E-state index in [0.717, 1.165) is 22.8 Å². The number of nitrogens with one attached hydrogen (secondary N) is 1. The van der Waals surface area contributed by atoms with Crippen molar-refractivity contribution in [2.75, 3.05) is 18.9 Å². The van der Waals surface area contributed by atoms with Gasteiger partial charge in [0, 0.05) is 31.2 Å². The molecule has 28 heavy (non-hydrogen) atoms. The van der Waals surface area contributed by atoms with Crippen molar-refractivity contribution in [3.8, 4) is 5.69 Å². The summed E-state index contributed by atoms with van der Waals surface area (Å²) < 4.78 is 7.63. The second kappa shape index (κ2) is 10.7. The van der Waals surface area contributed by atoms with Gasteiger partial charge < -0.3 is 10.1 Å². The predicted octanol–water partition coefficient (Wildman–Crippen LogP) is 4.00. The lowest BCUT2D eigenvalue weighted by Gasteiger charge is -2.09. The fraction of sp³-hybridized carbons (Fsp3) is 0.273. The van der Waals surface area contributed by atoms with Crippen molar-refractivity contribution in [2.24, 2.45) is 0 Å². The summed E-state index contributed by atoms with van der Waals surface area (Å²) in [6.07, 6.45) is 4.47. The highest BCUT2D eigenvalue weighted by atomic mass is 32.2. The van der Waals surface area contributed by atoms with Gasteiger partial charge in [-0.25, -0.2) is 4.98 Å². The van der Waals surface area contributed by atoms with Gasteiger partial charge in [0.25, 0.3) is 0 Å². The van der Waals surface area contributed by atoms with Gasteiger partial charge in [-0.2, -0.15) is 0 Å². The van der Waals surface area contributed by atoms with Gasteiger partial charge in [-0.1, -0.05) is 54.2 Å². The Morgan fingerprint density at radius 2 is 2.04 bits per heavy atom. The third-order valence-electron chi connectivity index (χ3n) is 4.12. The van der Waals surface area contributed by atoms with Crippen LogP contribution in [0.15, 0.2) is 72.1 Å². The molecule has 0 fully saturated rings. The average Bonchev–Trinajstić information content (AvgIpc) is 3.18. The predicted molar refractivity (Wildman–Crippen MR) is 113 cm³/mol. The minimum atomic E-state index is 0.00634. The van der Waals surface area contributed by atoms with Crippen LogP contribution in [0, 0.1) is 6.92 Å². The molecule has 1 aromatic heterocycles. The summed E-state index contributed by atoms with van der Waals surface area (Å²) in [5, 5.41) is 3.75. The number of aryl methyl sites for hydroxylation is 1. The maximum absolute atomic E-state index is 12.1. The molecule has 1 N–H and O–H groups in total. The van der Waals surface area contributed by atoms with Crippen LogP contribution in [-0.2, 0) is 16.1 Å². The molecule has 2 aromatic carbocycles. The quantitative estimate of drug-likeness (QED) is 0.416. The lowest BCUT2D eigenvalue weighted by Crippen LogP contribution is -2.27. The average molecular weight is 396 g/mol. The van der Waals surface area contributed by atoms with Crippen LogP contribution >= 0.6 is 11.8 Å². The zero-order chi connectivity index (χ0) is 19.6. The number of amides is 1. The maximum atomic E-state index is 12.1. The molecule has 0 saturated heterocycles. The largest absolute Gasteiger partial charge is 0.377 e. The van der Waals surface area contributed by atoms with E-state index in [4.69, 9.17) is 4.74 Å². The topological polar surface area (TPSA) is 56.2 Å². The van der Waals surface area contributed by atoms with E-state index in [1.165, 1.54) is 17.3 Å². The molecule has 1 heterocycles. The van der Waals surface area contributed by atoms with Crippen LogP contribution in [-0.4, -0.2) is 34.4 Å². The molecule has 0 saturated carbocycles. The number of nitrogens with zero attached hydrogens (tertiary/aromatic N) is 2. The smallest absolute Gasteiger partial charge is 0.230 e. The molecule has 0 unspecified atom stereocenters. The number of aromatic nitrogens is 2. The normalized spacial score (nSPS) is 10.8. The second-order valence-electron chi connectivity index (χ2n) is 6.45. The first kappa shape index (κ1) is 20.2. The summed E-state index contributed by atoms with van der Waals surface area (Å²) in [6.45, 7) is 3.90. The van der Waals surface area contributed by atoms with Crippen LogP contribution in [0.3, 0.4) is 0 Å². The molecule has 146 valence electrons. The number of ether oxygens (including phenoxy) is 1. The van der Waals surface area contributed by atoms with Crippen LogP contribution in [0.2, 0.25) is 0 Å². The first-order chi connectivity index (χ1) is 13.7. The lowest BCUT2D eigenvalue weighted by molar-refractivity contribution is -0.118. The highest BCUT2D eigenvalue weighted by Crippen LogP contribution is 2.20. The van der Waals surface area contributed by atoms with Crippen molar-refractivity contribution in [1.82, 2.24) is 14.9 Å². The van der Waals surface area contributed by atoms with Gasteiger partial charge in [0.05, 0.1) is 12.4 Å². The van der Waals surface area contributed by atoms with Crippen molar-refractivity contribution in [3.05, 3.63) is 78.1 Å². The number of carbonyl (C=O) groups excluding carboxylic acids is 1. The summed E-state index contributed by atoms with van der Waals surface area (Å²) in [5.74, 6) is 0.347. The second-order valence-corrected chi connectivity index (χ2v) is 7.39. The number of carbonyl (C=O) groups is 1. The zero-order valence-corrected chi connectivity index (χ0v) is 16.8. The Balaban J connectivity index is 1.34. The molecule has 6 heteroatoms. The van der Waals surface area contributed by atoms with Crippen molar-refractivity contribution in [3.63, 3.8) is 0 Å². The van der Waals surface area contributed by atoms with Gasteiger partial charge in [0.2, 0.25) is 5.91 Å². The number of benzene rings is 2. The first-order valence-electron chi connectivity index (χ1n) is 9.34. The van der Waals surface area contributed by atoms with Gasteiger partial charge in [-0.3, -0.25) is 9.36 Å². The van der Waals surface area contributed by atoms with Crippen LogP contribution in [0.4, 0.5) is 0 Å². The molecule has 0 aliphatic rings. The van der Waals surface area contributed by atoms with E-state index in [1.807, 2.05) is 53.2 Å². The standard InChI is InChI=1S/C22H25N3O2S/c1-18-7-5-10-20(15-18)25-13-12-24-22(25)28-17-21(26)23-11-6-14-27-16-19-8-3-2-4-9-19/h2-5,7-10,12-13,15H,6,11,14,16-17H2,1H3,(H,23,26). The Bertz CT molecular complexity index is 880. The highest BCUT2D eigenvalue weighted by molar-refractivity contribution is 7.99. The van der Waals surface area contributed by atoms with Crippen molar-refractivity contribution in [2.45, 2.75) is 25.1 Å². The molecule has 1 amide bonds. The maximum Gasteiger partial charge on any atom is 0.230 e. The molecule has 0 radical (unpaired) electrons. The molecule has 0 bridgehead atoms. The van der Waals surface area contributed by atoms with Crippen molar-refractivity contribution >= 4 is 17.7 Å². The van der Waals surface area contributed by atoms with Gasteiger partial charge in [0.1, 0.15) is 0 Å². The number of imidazole rings is 1. The SMILES string of the molecule is Cc1cccc(-n2ccnc2SCC(=O)NCCCOCc2ccccc2)c1. The van der Waals surface area contributed by atoms with E-state index in [-0.39, 0.29) is 5.91 Å². The summed E-state index contributed by atoms with van der Waals surface area (Å²) in [4.78, 5) is 16.5. The monoisotopic (exact) mass is 395 g/mol. The van der Waals surface area contributed by atoms with Crippen LogP contribution in [0.25, 0.3) is 5.69 Å². The van der Waals surface area contributed by atoms with Crippen LogP contribution < -0.4 is 5.32 Å². The fourth-order valence-electron chi connectivity index (χ4n) is 2.72. The zero-order valence-electron chi connectivity index (χ0n) is 16.0. The minimum absolute atomic E-state index is 0.00634. The van der Waals surface area contributed by atoms with E-state index in [9.17, 15) is 4.79 Å². The van der Waals surface area contributed by atoms with Crippen molar-refractivity contribution < 1.29 is 9.53 Å². The summed E-state index contributed by atoms with van der Waals surface area (Å²) in [6, 6.07) is 18.3. The fourth-order valence-corrected chi connectivity index (χ4v) is 3.52. The van der Waals surface area contributed by atoms with E-state index in [2.05, 4.69) is 29.4 Å². The van der Waals surface area contributed by atoms with Crippen molar-refractivity contribution in [1.29, 1.82) is 0 Å². The molecule has 3 rings (SSSR count). The molecule has 0 atom stereocenters. The molecule has 5 nitrogen and oxygen atoms in total. The van der Waals surface area contributed by atoms with Gasteiger partial charge >= 0.3 is 0 Å². The number of hydrogen-bond acceptors (Lipinski definition) is 4. The van der Waals surface area contributed by atoms with Crippen LogP contribution in [0.5, 0.6) is 0 Å². The molecule has 0 spiro atoms. The first-order valence-corrected chi connectivity index (χ1v) is 10.3. The van der Waals surface area contributed by atoms with Crippen LogP contribution in [0.1, 0.15) is 17.5 Å². The third-order valence-corrected chi connectivity index (χ3v) is 5.08. The van der Waals surface area contributed by atoms with Gasteiger partial charge in [-0.05, 0) is 36.6 Å². The summed E-state index contributed by atoms with van der Waals surface area (Å²) in [5.41, 5.74) is 3.40. The molecular weight excluding hydrogens is 370 g/mol. The number of rotatable bonds is 10. The van der Waals surface area contributed by atoms with E-state index in [1.54, 1.807) is 6.20 Å². The molecular formula is C22H25N3O2S. The summed E-state index contributed by atoms with van der Waals surface area (Å²) in [7, 11) is 0. The Hall–Kier alpha value is -2.57. The van der Waals surface area contributed by atoms with Gasteiger partial charge in [-0.15, -0.1) is 0 Å². The minimum Gasteiger partial charge on any atom is -0.377 e. The summed E-state index contributed by atoms with van der Waals surface area (Å²) >= 11 is 1.44.